The van der Waals surface area contributed by atoms with Crippen molar-refractivity contribution >= 4 is 27.5 Å². The lowest BCUT2D eigenvalue weighted by molar-refractivity contribution is -0.118. The molecule has 1 aromatic heterocycles. The molecule has 26 heavy (non-hydrogen) atoms. The summed E-state index contributed by atoms with van der Waals surface area (Å²) in [4.78, 5) is 16.0. The van der Waals surface area contributed by atoms with Crippen LogP contribution in [0, 0.1) is 6.92 Å². The molecule has 0 saturated carbocycles. The molecule has 1 N–H and O–H groups in total. The van der Waals surface area contributed by atoms with Gasteiger partial charge in [-0.2, -0.15) is 4.98 Å². The van der Waals surface area contributed by atoms with Gasteiger partial charge in [0.05, 0.1) is 0 Å². The minimum Gasteiger partial charge on any atom is -0.484 e. The molecular weight excluding hydrogens is 402 g/mol. The quantitative estimate of drug-likeness (QED) is 0.629. The number of nitrogens with one attached hydrogen (secondary N) is 1. The average Bonchev–Trinajstić information content (AvgIpc) is 3.06. The summed E-state index contributed by atoms with van der Waals surface area (Å²) >= 11 is 3.34. The van der Waals surface area contributed by atoms with E-state index in [0.29, 0.717) is 28.9 Å². The fourth-order valence-electron chi connectivity index (χ4n) is 2.06. The molecule has 1 heterocycles. The van der Waals surface area contributed by atoms with Crippen LogP contribution in [0.25, 0.3) is 0 Å². The summed E-state index contributed by atoms with van der Waals surface area (Å²) in [6.45, 7) is 1.85. The highest BCUT2D eigenvalue weighted by atomic mass is 79.9. The third-order valence-corrected chi connectivity index (χ3v) is 3.78. The Morgan fingerprint density at radius 3 is 2.35 bits per heavy atom. The minimum absolute atomic E-state index is 0.0858. The molecule has 7 nitrogen and oxygen atoms in total. The van der Waals surface area contributed by atoms with Crippen molar-refractivity contribution in [3.05, 3.63) is 64.7 Å². The summed E-state index contributed by atoms with van der Waals surface area (Å²) in [5, 5.41) is 6.45. The number of aromatic nitrogens is 2. The van der Waals surface area contributed by atoms with Gasteiger partial charge in [-0.3, -0.25) is 4.79 Å². The molecule has 0 radical (unpaired) electrons. The maximum absolute atomic E-state index is 11.9. The topological polar surface area (TPSA) is 86.5 Å². The van der Waals surface area contributed by atoms with E-state index in [2.05, 4.69) is 31.4 Å². The van der Waals surface area contributed by atoms with Crippen molar-refractivity contribution in [2.75, 3.05) is 11.9 Å². The van der Waals surface area contributed by atoms with Gasteiger partial charge in [0.15, 0.2) is 19.0 Å². The van der Waals surface area contributed by atoms with Crippen LogP contribution in [0.2, 0.25) is 0 Å². The number of hydrogen-bond donors (Lipinski definition) is 1. The highest BCUT2D eigenvalue weighted by Gasteiger charge is 2.06. The molecule has 0 bridgehead atoms. The maximum atomic E-state index is 11.9. The van der Waals surface area contributed by atoms with E-state index in [-0.39, 0.29) is 19.1 Å². The van der Waals surface area contributed by atoms with E-state index in [9.17, 15) is 4.79 Å². The molecule has 0 spiro atoms. The zero-order valence-corrected chi connectivity index (χ0v) is 15.5. The zero-order valence-electron chi connectivity index (χ0n) is 13.9. The molecule has 0 fully saturated rings. The first-order chi connectivity index (χ1) is 12.6. The largest absolute Gasteiger partial charge is 0.484 e. The number of aryl methyl sites for hydroxylation is 1. The number of rotatable bonds is 7. The van der Waals surface area contributed by atoms with Crippen LogP contribution in [-0.4, -0.2) is 22.7 Å². The Hall–Kier alpha value is -2.87. The fourth-order valence-corrected chi connectivity index (χ4v) is 2.32. The first kappa shape index (κ1) is 17.9. The number of benzene rings is 2. The Labute approximate surface area is 158 Å². The highest BCUT2D eigenvalue weighted by molar-refractivity contribution is 9.10. The van der Waals surface area contributed by atoms with Crippen molar-refractivity contribution in [3.8, 4) is 11.5 Å². The predicted molar refractivity (Wildman–Crippen MR) is 98.1 cm³/mol. The lowest BCUT2D eigenvalue weighted by Crippen LogP contribution is -2.20. The minimum atomic E-state index is -0.237. The van der Waals surface area contributed by atoms with Gasteiger partial charge in [0, 0.05) is 10.2 Å². The second kappa shape index (κ2) is 8.48. The molecule has 0 aliphatic rings. The first-order valence-electron chi connectivity index (χ1n) is 7.79. The smallest absolute Gasteiger partial charge is 0.264 e. The maximum Gasteiger partial charge on any atom is 0.264 e. The first-order valence-corrected chi connectivity index (χ1v) is 8.58. The van der Waals surface area contributed by atoms with Crippen molar-refractivity contribution in [1.29, 1.82) is 0 Å². The van der Waals surface area contributed by atoms with Crippen LogP contribution >= 0.6 is 15.9 Å². The number of ether oxygens (including phenoxy) is 2. The zero-order chi connectivity index (χ0) is 18.4. The lowest BCUT2D eigenvalue weighted by atomic mass is 10.3. The number of carbonyl (C=O) groups excluding carboxylic acids is 1. The number of anilines is 1. The number of hydrogen-bond acceptors (Lipinski definition) is 6. The summed E-state index contributed by atoms with van der Waals surface area (Å²) in [5.74, 6) is 1.94. The van der Waals surface area contributed by atoms with Crippen LogP contribution in [0.15, 0.2) is 57.5 Å². The number of halogens is 1. The average molecular weight is 418 g/mol. The van der Waals surface area contributed by atoms with Crippen LogP contribution in [0.1, 0.15) is 11.7 Å². The SMILES string of the molecule is Cc1noc(COc2ccc(OCC(=O)Nc3ccc(Br)cc3)cc2)n1. The normalized spacial score (nSPS) is 10.4. The molecule has 0 saturated heterocycles. The van der Waals surface area contributed by atoms with Gasteiger partial charge >= 0.3 is 0 Å². The molecule has 2 aromatic carbocycles. The van der Waals surface area contributed by atoms with E-state index in [1.165, 1.54) is 0 Å². The molecule has 3 aromatic rings. The molecule has 0 aliphatic carbocycles. The highest BCUT2D eigenvalue weighted by Crippen LogP contribution is 2.19. The van der Waals surface area contributed by atoms with E-state index in [1.807, 2.05) is 12.1 Å². The third kappa shape index (κ3) is 5.32. The Balaban J connectivity index is 1.44. The fraction of sp³-hybridized carbons (Fsp3) is 0.167. The molecule has 3 rings (SSSR count). The predicted octanol–water partition coefficient (Wildman–Crippen LogP) is 3.74. The lowest BCUT2D eigenvalue weighted by Gasteiger charge is -2.08. The van der Waals surface area contributed by atoms with Gasteiger partial charge in [-0.05, 0) is 55.5 Å². The molecule has 0 atom stereocenters. The van der Waals surface area contributed by atoms with E-state index in [1.54, 1.807) is 43.3 Å². The Morgan fingerprint density at radius 1 is 1.08 bits per heavy atom. The van der Waals surface area contributed by atoms with E-state index < -0.39 is 0 Å². The van der Waals surface area contributed by atoms with Gasteiger partial charge < -0.3 is 19.3 Å². The summed E-state index contributed by atoms with van der Waals surface area (Å²) < 4.78 is 16.9. The number of carbonyl (C=O) groups is 1. The van der Waals surface area contributed by atoms with Gasteiger partial charge in [0.1, 0.15) is 11.5 Å². The van der Waals surface area contributed by atoms with E-state index in [0.717, 1.165) is 4.47 Å². The Morgan fingerprint density at radius 2 is 1.73 bits per heavy atom. The molecule has 0 unspecified atom stereocenters. The molecule has 1 amide bonds. The van der Waals surface area contributed by atoms with Gasteiger partial charge in [0.25, 0.3) is 11.8 Å². The van der Waals surface area contributed by atoms with Crippen molar-refractivity contribution in [2.45, 2.75) is 13.5 Å². The summed E-state index contributed by atoms with van der Waals surface area (Å²) in [6, 6.07) is 14.2. The number of nitrogens with zero attached hydrogens (tertiary/aromatic N) is 2. The van der Waals surface area contributed by atoms with Crippen LogP contribution in [0.4, 0.5) is 5.69 Å². The Bertz CT molecular complexity index is 863. The molecular formula is C18H16BrN3O4. The second-order valence-electron chi connectivity index (χ2n) is 5.34. The molecule has 0 aliphatic heterocycles. The standard InChI is InChI=1S/C18H16BrN3O4/c1-12-20-18(26-22-12)11-25-16-8-6-15(7-9-16)24-10-17(23)21-14-4-2-13(19)3-5-14/h2-9H,10-11H2,1H3,(H,21,23). The van der Waals surface area contributed by atoms with Crippen molar-refractivity contribution < 1.29 is 18.8 Å². The van der Waals surface area contributed by atoms with Crippen molar-refractivity contribution in [1.82, 2.24) is 10.1 Å². The third-order valence-electron chi connectivity index (χ3n) is 3.25. The van der Waals surface area contributed by atoms with E-state index in [4.69, 9.17) is 14.0 Å². The van der Waals surface area contributed by atoms with Gasteiger partial charge in [0.2, 0.25) is 0 Å². The molecule has 134 valence electrons. The van der Waals surface area contributed by atoms with Gasteiger partial charge in [-0.25, -0.2) is 0 Å². The summed E-state index contributed by atoms with van der Waals surface area (Å²) in [7, 11) is 0. The van der Waals surface area contributed by atoms with Crippen LogP contribution in [0.3, 0.4) is 0 Å². The summed E-state index contributed by atoms with van der Waals surface area (Å²) in [5.41, 5.74) is 0.710. The Kier molecular flexibility index (Phi) is 5.85. The van der Waals surface area contributed by atoms with Crippen molar-refractivity contribution in [2.24, 2.45) is 0 Å². The van der Waals surface area contributed by atoms with Crippen LogP contribution < -0.4 is 14.8 Å². The summed E-state index contributed by atoms with van der Waals surface area (Å²) in [6.07, 6.45) is 0. The van der Waals surface area contributed by atoms with Crippen molar-refractivity contribution in [3.63, 3.8) is 0 Å². The molecule has 8 heteroatoms. The van der Waals surface area contributed by atoms with Gasteiger partial charge in [-0.15, -0.1) is 0 Å². The number of amides is 1. The van der Waals surface area contributed by atoms with Crippen LogP contribution in [0.5, 0.6) is 11.5 Å². The second-order valence-corrected chi connectivity index (χ2v) is 6.25. The van der Waals surface area contributed by atoms with Crippen LogP contribution in [-0.2, 0) is 11.4 Å². The van der Waals surface area contributed by atoms with Gasteiger partial charge in [-0.1, -0.05) is 21.1 Å². The monoisotopic (exact) mass is 417 g/mol. The van der Waals surface area contributed by atoms with E-state index >= 15 is 0 Å².